The Morgan fingerprint density at radius 3 is 2.45 bits per heavy atom. The van der Waals surface area contributed by atoms with Crippen LogP contribution in [0.3, 0.4) is 0 Å². The van der Waals surface area contributed by atoms with E-state index in [4.69, 9.17) is 4.74 Å². The van der Waals surface area contributed by atoms with Crippen LogP contribution in [0.5, 0.6) is 11.5 Å². The number of carbonyl (C=O) groups excluding carboxylic acids is 2. The number of aromatic hydroxyl groups is 1. The van der Waals surface area contributed by atoms with Gasteiger partial charge in [0.2, 0.25) is 0 Å². The molecular formula is C14H19NO5. The molecule has 0 atom stereocenters. The van der Waals surface area contributed by atoms with E-state index >= 15 is 0 Å². The van der Waals surface area contributed by atoms with Crippen molar-refractivity contribution in [3.8, 4) is 11.5 Å². The monoisotopic (exact) mass is 281 g/mol. The van der Waals surface area contributed by atoms with E-state index in [0.29, 0.717) is 5.75 Å². The Bertz CT molecular complexity index is 498. The van der Waals surface area contributed by atoms with Crippen LogP contribution in [0.25, 0.3) is 0 Å². The van der Waals surface area contributed by atoms with Gasteiger partial charge in [0, 0.05) is 6.04 Å². The molecule has 0 unspecified atom stereocenters. The Hall–Kier alpha value is -2.24. The summed E-state index contributed by atoms with van der Waals surface area (Å²) < 4.78 is 9.60. The minimum absolute atomic E-state index is 0.0851. The molecule has 0 bridgehead atoms. The van der Waals surface area contributed by atoms with E-state index in [1.165, 1.54) is 31.3 Å². The fraction of sp³-hybridized carbons (Fsp3) is 0.429. The summed E-state index contributed by atoms with van der Waals surface area (Å²) in [6, 6.07) is 4.14. The third-order valence-electron chi connectivity index (χ3n) is 2.85. The van der Waals surface area contributed by atoms with Gasteiger partial charge in [-0.05, 0) is 32.0 Å². The summed E-state index contributed by atoms with van der Waals surface area (Å²) in [4.78, 5) is 25.1. The molecule has 0 saturated heterocycles. The number of methoxy groups -OCH3 is 2. The predicted octanol–water partition coefficient (Wildman–Crippen LogP) is 1.42. The summed E-state index contributed by atoms with van der Waals surface area (Å²) in [6.45, 7) is 3.37. The van der Waals surface area contributed by atoms with E-state index in [0.717, 1.165) is 0 Å². The van der Waals surface area contributed by atoms with Gasteiger partial charge in [0.05, 0.1) is 19.8 Å². The lowest BCUT2D eigenvalue weighted by atomic mass is 10.1. The number of hydrogen-bond acceptors (Lipinski definition) is 5. The van der Waals surface area contributed by atoms with Gasteiger partial charge in [-0.15, -0.1) is 0 Å². The molecule has 0 fully saturated rings. The number of phenols is 1. The number of rotatable bonds is 5. The van der Waals surface area contributed by atoms with Crippen LogP contribution in [0.1, 0.15) is 24.2 Å². The lowest BCUT2D eigenvalue weighted by molar-refractivity contribution is -0.141. The number of amides is 1. The molecule has 6 nitrogen and oxygen atoms in total. The molecule has 1 aromatic rings. The minimum atomic E-state index is -0.519. The van der Waals surface area contributed by atoms with Gasteiger partial charge in [-0.25, -0.2) is 0 Å². The largest absolute Gasteiger partial charge is 0.507 e. The SMILES string of the molecule is COC(=O)CN(C(=O)c1cc(OC)ccc1O)C(C)C. The van der Waals surface area contributed by atoms with E-state index in [2.05, 4.69) is 4.74 Å². The van der Waals surface area contributed by atoms with Crippen LogP contribution in [-0.4, -0.2) is 48.7 Å². The van der Waals surface area contributed by atoms with E-state index in [-0.39, 0.29) is 23.9 Å². The van der Waals surface area contributed by atoms with Crippen molar-refractivity contribution in [2.75, 3.05) is 20.8 Å². The molecule has 20 heavy (non-hydrogen) atoms. The Labute approximate surface area is 117 Å². The number of carbonyl (C=O) groups is 2. The topological polar surface area (TPSA) is 76.1 Å². The van der Waals surface area contributed by atoms with Crippen molar-refractivity contribution in [3.05, 3.63) is 23.8 Å². The smallest absolute Gasteiger partial charge is 0.325 e. The summed E-state index contributed by atoms with van der Waals surface area (Å²) in [5.74, 6) is -0.685. The van der Waals surface area contributed by atoms with Crippen LogP contribution in [0.2, 0.25) is 0 Å². The molecule has 6 heteroatoms. The molecule has 1 aromatic carbocycles. The quantitative estimate of drug-likeness (QED) is 0.826. The van der Waals surface area contributed by atoms with Crippen molar-refractivity contribution in [1.82, 2.24) is 4.90 Å². The van der Waals surface area contributed by atoms with Crippen LogP contribution in [0.4, 0.5) is 0 Å². The normalized spacial score (nSPS) is 10.2. The summed E-state index contributed by atoms with van der Waals surface area (Å²) in [5, 5.41) is 9.80. The van der Waals surface area contributed by atoms with Gasteiger partial charge >= 0.3 is 5.97 Å². The van der Waals surface area contributed by atoms with Crippen LogP contribution in [-0.2, 0) is 9.53 Å². The van der Waals surface area contributed by atoms with Gasteiger partial charge in [0.15, 0.2) is 0 Å². The molecule has 0 aliphatic carbocycles. The molecule has 0 heterocycles. The number of ether oxygens (including phenoxy) is 2. The Morgan fingerprint density at radius 1 is 1.30 bits per heavy atom. The Kier molecular flexibility index (Phi) is 5.37. The van der Waals surface area contributed by atoms with E-state index in [1.807, 2.05) is 0 Å². The predicted molar refractivity (Wildman–Crippen MR) is 72.8 cm³/mol. The van der Waals surface area contributed by atoms with Gasteiger partial charge < -0.3 is 19.5 Å². The highest BCUT2D eigenvalue weighted by atomic mass is 16.5. The van der Waals surface area contributed by atoms with Crippen LogP contribution >= 0.6 is 0 Å². The summed E-state index contributed by atoms with van der Waals surface area (Å²) in [5.41, 5.74) is 0.0851. The number of hydrogen-bond donors (Lipinski definition) is 1. The maximum Gasteiger partial charge on any atom is 0.325 e. The summed E-state index contributed by atoms with van der Waals surface area (Å²) >= 11 is 0. The minimum Gasteiger partial charge on any atom is -0.507 e. The summed E-state index contributed by atoms with van der Waals surface area (Å²) in [6.07, 6.45) is 0. The zero-order chi connectivity index (χ0) is 15.3. The van der Waals surface area contributed by atoms with Gasteiger partial charge in [0.25, 0.3) is 5.91 Å². The van der Waals surface area contributed by atoms with E-state index in [1.54, 1.807) is 19.9 Å². The number of phenolic OH excluding ortho intramolecular Hbond substituents is 1. The fourth-order valence-corrected chi connectivity index (χ4v) is 1.66. The third kappa shape index (κ3) is 3.63. The average molecular weight is 281 g/mol. The van der Waals surface area contributed by atoms with Crippen molar-refractivity contribution in [3.63, 3.8) is 0 Å². The first-order valence-electron chi connectivity index (χ1n) is 6.15. The van der Waals surface area contributed by atoms with Crippen LogP contribution < -0.4 is 4.74 Å². The van der Waals surface area contributed by atoms with Crippen molar-refractivity contribution < 1.29 is 24.2 Å². The van der Waals surface area contributed by atoms with Gasteiger partial charge in [-0.3, -0.25) is 9.59 Å². The van der Waals surface area contributed by atoms with Crippen molar-refractivity contribution in [2.45, 2.75) is 19.9 Å². The zero-order valence-corrected chi connectivity index (χ0v) is 12.0. The van der Waals surface area contributed by atoms with Crippen LogP contribution in [0, 0.1) is 0 Å². The lowest BCUT2D eigenvalue weighted by Crippen LogP contribution is -2.41. The van der Waals surface area contributed by atoms with E-state index in [9.17, 15) is 14.7 Å². The molecule has 0 aliphatic rings. The number of benzene rings is 1. The van der Waals surface area contributed by atoms with Crippen LogP contribution in [0.15, 0.2) is 18.2 Å². The molecule has 110 valence electrons. The summed E-state index contributed by atoms with van der Waals surface area (Å²) in [7, 11) is 2.73. The molecule has 0 saturated carbocycles. The first-order chi connectivity index (χ1) is 9.40. The molecule has 1 N–H and O–H groups in total. The van der Waals surface area contributed by atoms with Gasteiger partial charge in [-0.2, -0.15) is 0 Å². The Balaban J connectivity index is 3.09. The highest BCUT2D eigenvalue weighted by molar-refractivity contribution is 5.98. The van der Waals surface area contributed by atoms with E-state index < -0.39 is 11.9 Å². The molecular weight excluding hydrogens is 262 g/mol. The molecule has 1 rings (SSSR count). The molecule has 1 amide bonds. The lowest BCUT2D eigenvalue weighted by Gasteiger charge is -2.26. The molecule has 0 radical (unpaired) electrons. The molecule has 0 spiro atoms. The average Bonchev–Trinajstić information content (AvgIpc) is 2.43. The zero-order valence-electron chi connectivity index (χ0n) is 12.0. The second kappa shape index (κ2) is 6.79. The molecule has 0 aromatic heterocycles. The molecule has 0 aliphatic heterocycles. The number of nitrogens with zero attached hydrogens (tertiary/aromatic N) is 1. The highest BCUT2D eigenvalue weighted by Gasteiger charge is 2.24. The second-order valence-corrected chi connectivity index (χ2v) is 4.49. The van der Waals surface area contributed by atoms with Crippen molar-refractivity contribution >= 4 is 11.9 Å². The second-order valence-electron chi connectivity index (χ2n) is 4.49. The fourth-order valence-electron chi connectivity index (χ4n) is 1.66. The third-order valence-corrected chi connectivity index (χ3v) is 2.85. The van der Waals surface area contributed by atoms with Gasteiger partial charge in [-0.1, -0.05) is 0 Å². The van der Waals surface area contributed by atoms with Crippen molar-refractivity contribution in [1.29, 1.82) is 0 Å². The van der Waals surface area contributed by atoms with Crippen molar-refractivity contribution in [2.24, 2.45) is 0 Å². The standard InChI is InChI=1S/C14H19NO5/c1-9(2)15(8-13(17)20-4)14(18)11-7-10(19-3)5-6-12(11)16/h5-7,9,16H,8H2,1-4H3. The first kappa shape index (κ1) is 15.8. The highest BCUT2D eigenvalue weighted by Crippen LogP contribution is 2.24. The van der Waals surface area contributed by atoms with Gasteiger partial charge in [0.1, 0.15) is 18.0 Å². The maximum absolute atomic E-state index is 12.4. The number of esters is 1. The Morgan fingerprint density at radius 2 is 1.95 bits per heavy atom. The first-order valence-corrected chi connectivity index (χ1v) is 6.15. The maximum atomic E-state index is 12.4.